The summed E-state index contributed by atoms with van der Waals surface area (Å²) in [5, 5.41) is 0. The first-order valence-corrected chi connectivity index (χ1v) is 5.54. The molecule has 1 aliphatic rings. The zero-order valence-corrected chi connectivity index (χ0v) is 9.08. The molecule has 1 heterocycles. The fraction of sp³-hybridized carbons (Fsp3) is 0.417. The highest BCUT2D eigenvalue weighted by atomic mass is 19.1. The molecule has 0 aliphatic carbocycles. The van der Waals surface area contributed by atoms with Crippen molar-refractivity contribution < 1.29 is 9.18 Å². The van der Waals surface area contributed by atoms with Crippen molar-refractivity contribution in [1.82, 2.24) is 0 Å². The molecule has 1 aromatic rings. The SMILES string of the molecule is Nc1cc(F)ccc1N1CCCCCC1=O. The number of carbonyl (C=O) groups is 1. The van der Waals surface area contributed by atoms with Gasteiger partial charge in [-0.25, -0.2) is 4.39 Å². The van der Waals surface area contributed by atoms with Crippen LogP contribution in [0.4, 0.5) is 15.8 Å². The van der Waals surface area contributed by atoms with E-state index in [9.17, 15) is 9.18 Å². The number of nitrogen functional groups attached to an aromatic ring is 1. The maximum absolute atomic E-state index is 12.9. The van der Waals surface area contributed by atoms with E-state index in [0.29, 0.717) is 24.3 Å². The molecule has 0 bridgehead atoms. The van der Waals surface area contributed by atoms with E-state index in [2.05, 4.69) is 0 Å². The summed E-state index contributed by atoms with van der Waals surface area (Å²) >= 11 is 0. The van der Waals surface area contributed by atoms with E-state index < -0.39 is 0 Å². The highest BCUT2D eigenvalue weighted by Crippen LogP contribution is 2.26. The Morgan fingerprint density at radius 1 is 1.25 bits per heavy atom. The van der Waals surface area contributed by atoms with Gasteiger partial charge < -0.3 is 10.6 Å². The Hall–Kier alpha value is -1.58. The first-order valence-electron chi connectivity index (χ1n) is 5.54. The van der Waals surface area contributed by atoms with Crippen LogP contribution in [0.1, 0.15) is 25.7 Å². The van der Waals surface area contributed by atoms with Crippen molar-refractivity contribution in [2.75, 3.05) is 17.2 Å². The van der Waals surface area contributed by atoms with Gasteiger partial charge in [0, 0.05) is 13.0 Å². The summed E-state index contributed by atoms with van der Waals surface area (Å²) in [5.74, 6) is -0.292. The second kappa shape index (κ2) is 4.51. The Kier molecular flexibility index (Phi) is 3.08. The smallest absolute Gasteiger partial charge is 0.227 e. The standard InChI is InChI=1S/C12H15FN2O/c13-9-5-6-11(10(14)8-9)15-7-3-1-2-4-12(15)16/h5-6,8H,1-4,7,14H2. The molecule has 0 radical (unpaired) electrons. The van der Waals surface area contributed by atoms with Gasteiger partial charge in [0.05, 0.1) is 11.4 Å². The molecule has 1 aliphatic heterocycles. The van der Waals surface area contributed by atoms with Gasteiger partial charge in [-0.1, -0.05) is 6.42 Å². The van der Waals surface area contributed by atoms with Crippen LogP contribution in [-0.2, 0) is 4.79 Å². The maximum Gasteiger partial charge on any atom is 0.227 e. The van der Waals surface area contributed by atoms with Crippen LogP contribution in [0, 0.1) is 5.82 Å². The minimum absolute atomic E-state index is 0.0795. The lowest BCUT2D eigenvalue weighted by Gasteiger charge is -2.22. The van der Waals surface area contributed by atoms with Gasteiger partial charge in [0.15, 0.2) is 0 Å². The number of hydrogen-bond donors (Lipinski definition) is 1. The number of amides is 1. The van der Waals surface area contributed by atoms with Gasteiger partial charge in [-0.15, -0.1) is 0 Å². The van der Waals surface area contributed by atoms with Gasteiger partial charge in [-0.3, -0.25) is 4.79 Å². The summed E-state index contributed by atoms with van der Waals surface area (Å²) in [5.41, 5.74) is 6.69. The number of anilines is 2. The Morgan fingerprint density at radius 2 is 2.06 bits per heavy atom. The molecule has 1 amide bonds. The molecule has 86 valence electrons. The first kappa shape index (κ1) is 10.9. The van der Waals surface area contributed by atoms with E-state index in [1.165, 1.54) is 12.1 Å². The first-order chi connectivity index (χ1) is 7.68. The third-order valence-electron chi connectivity index (χ3n) is 2.85. The lowest BCUT2D eigenvalue weighted by atomic mass is 10.2. The number of halogens is 1. The van der Waals surface area contributed by atoms with Gasteiger partial charge in [0.2, 0.25) is 5.91 Å². The Morgan fingerprint density at radius 3 is 2.81 bits per heavy atom. The molecular weight excluding hydrogens is 207 g/mol. The van der Waals surface area contributed by atoms with E-state index in [0.717, 1.165) is 19.3 Å². The number of nitrogens with zero attached hydrogens (tertiary/aromatic N) is 1. The number of rotatable bonds is 1. The van der Waals surface area contributed by atoms with Gasteiger partial charge >= 0.3 is 0 Å². The maximum atomic E-state index is 12.9. The van der Waals surface area contributed by atoms with Crippen molar-refractivity contribution in [1.29, 1.82) is 0 Å². The molecule has 2 N–H and O–H groups in total. The largest absolute Gasteiger partial charge is 0.397 e. The predicted octanol–water partition coefficient (Wildman–Crippen LogP) is 2.31. The molecule has 0 atom stereocenters. The van der Waals surface area contributed by atoms with Crippen LogP contribution >= 0.6 is 0 Å². The van der Waals surface area contributed by atoms with E-state index in [1.54, 1.807) is 11.0 Å². The van der Waals surface area contributed by atoms with Crippen molar-refractivity contribution in [3.05, 3.63) is 24.0 Å². The van der Waals surface area contributed by atoms with E-state index >= 15 is 0 Å². The van der Waals surface area contributed by atoms with Crippen molar-refractivity contribution in [3.63, 3.8) is 0 Å². The molecule has 3 nitrogen and oxygen atoms in total. The highest BCUT2D eigenvalue weighted by molar-refractivity contribution is 5.96. The third kappa shape index (κ3) is 2.15. The van der Waals surface area contributed by atoms with Crippen molar-refractivity contribution in [2.45, 2.75) is 25.7 Å². The van der Waals surface area contributed by atoms with E-state index in [4.69, 9.17) is 5.73 Å². The second-order valence-corrected chi connectivity index (χ2v) is 4.06. The average Bonchev–Trinajstić information content (AvgIpc) is 2.44. The fourth-order valence-electron chi connectivity index (χ4n) is 2.01. The van der Waals surface area contributed by atoms with Crippen molar-refractivity contribution in [3.8, 4) is 0 Å². The molecule has 0 aromatic heterocycles. The number of benzene rings is 1. The molecule has 0 saturated carbocycles. The van der Waals surface area contributed by atoms with Crippen molar-refractivity contribution in [2.24, 2.45) is 0 Å². The van der Waals surface area contributed by atoms with Crippen molar-refractivity contribution >= 4 is 17.3 Å². The van der Waals surface area contributed by atoms with Gasteiger partial charge in [-0.05, 0) is 31.0 Å². The molecule has 1 fully saturated rings. The second-order valence-electron chi connectivity index (χ2n) is 4.06. The zero-order chi connectivity index (χ0) is 11.5. The quantitative estimate of drug-likeness (QED) is 0.741. The summed E-state index contributed by atoms with van der Waals surface area (Å²) < 4.78 is 12.9. The summed E-state index contributed by atoms with van der Waals surface area (Å²) in [6.45, 7) is 0.675. The molecular formula is C12H15FN2O. The number of nitrogens with two attached hydrogens (primary N) is 1. The van der Waals surface area contributed by atoms with Crippen LogP contribution in [0.15, 0.2) is 18.2 Å². The van der Waals surface area contributed by atoms with Gasteiger partial charge in [-0.2, -0.15) is 0 Å². The normalized spacial score (nSPS) is 17.3. The fourth-order valence-corrected chi connectivity index (χ4v) is 2.01. The van der Waals surface area contributed by atoms with Crippen LogP contribution in [0.2, 0.25) is 0 Å². The molecule has 2 rings (SSSR count). The number of carbonyl (C=O) groups excluding carboxylic acids is 1. The monoisotopic (exact) mass is 222 g/mol. The Bertz CT molecular complexity index is 406. The lowest BCUT2D eigenvalue weighted by Crippen LogP contribution is -2.30. The third-order valence-corrected chi connectivity index (χ3v) is 2.85. The Balaban J connectivity index is 2.30. The highest BCUT2D eigenvalue weighted by Gasteiger charge is 2.19. The number of hydrogen-bond acceptors (Lipinski definition) is 2. The molecule has 16 heavy (non-hydrogen) atoms. The predicted molar refractivity (Wildman–Crippen MR) is 61.6 cm³/mol. The van der Waals surface area contributed by atoms with Gasteiger partial charge in [0.1, 0.15) is 5.82 Å². The summed E-state index contributed by atoms with van der Waals surface area (Å²) in [7, 11) is 0. The summed E-state index contributed by atoms with van der Waals surface area (Å²) in [4.78, 5) is 13.5. The molecule has 1 aromatic carbocycles. The van der Waals surface area contributed by atoms with Gasteiger partial charge in [0.25, 0.3) is 0 Å². The zero-order valence-electron chi connectivity index (χ0n) is 9.08. The molecule has 1 saturated heterocycles. The van der Waals surface area contributed by atoms with Crippen LogP contribution in [0.25, 0.3) is 0 Å². The van der Waals surface area contributed by atoms with Crippen LogP contribution in [0.3, 0.4) is 0 Å². The average molecular weight is 222 g/mol. The summed E-state index contributed by atoms with van der Waals surface area (Å²) in [6, 6.07) is 4.17. The van der Waals surface area contributed by atoms with E-state index in [-0.39, 0.29) is 11.7 Å². The van der Waals surface area contributed by atoms with Crippen LogP contribution in [-0.4, -0.2) is 12.5 Å². The van der Waals surface area contributed by atoms with E-state index in [1.807, 2.05) is 0 Å². The summed E-state index contributed by atoms with van der Waals surface area (Å²) in [6.07, 6.45) is 3.51. The minimum Gasteiger partial charge on any atom is -0.397 e. The molecule has 0 spiro atoms. The molecule has 4 heteroatoms. The molecule has 0 unspecified atom stereocenters. The van der Waals surface area contributed by atoms with Crippen LogP contribution in [0.5, 0.6) is 0 Å². The van der Waals surface area contributed by atoms with Crippen LogP contribution < -0.4 is 10.6 Å². The topological polar surface area (TPSA) is 46.3 Å². The Labute approximate surface area is 94.0 Å². The minimum atomic E-state index is -0.372. The lowest BCUT2D eigenvalue weighted by molar-refractivity contribution is -0.118.